The molecule has 0 unspecified atom stereocenters. The number of ether oxygens (including phenoxy) is 1. The van der Waals surface area contributed by atoms with E-state index in [0.717, 1.165) is 31.2 Å². The normalized spacial score (nSPS) is 16.3. The minimum Gasteiger partial charge on any atom is -0.504 e. The third-order valence-electron chi connectivity index (χ3n) is 4.61. The van der Waals surface area contributed by atoms with Crippen LogP contribution in [0, 0.1) is 0 Å². The molecule has 0 aliphatic carbocycles. The van der Waals surface area contributed by atoms with Gasteiger partial charge in [0.05, 0.1) is 17.7 Å². The fourth-order valence-corrected chi connectivity index (χ4v) is 4.59. The molecular weight excluding hydrogens is 364 g/mol. The first-order valence-electron chi connectivity index (χ1n) is 9.02. The molecule has 3 rings (SSSR count). The maximum atomic E-state index is 12.8. The largest absolute Gasteiger partial charge is 0.504 e. The molecule has 0 aromatic heterocycles. The standard InChI is InChI=1S/C20H24N2O4S/c1-26-20-11-6-16(14-19(20)23)15-21-17-7-9-18(10-8-17)27(24,25)22-12-4-2-3-5-13-22/h6-11,14-15,23H,2-5,12-13H2,1H3. The third-order valence-corrected chi connectivity index (χ3v) is 6.52. The number of nitrogens with zero attached hydrogens (tertiary/aromatic N) is 2. The molecule has 1 aliphatic heterocycles. The van der Waals surface area contributed by atoms with Gasteiger partial charge in [0.25, 0.3) is 0 Å². The molecule has 2 aromatic rings. The van der Waals surface area contributed by atoms with Crippen molar-refractivity contribution in [2.75, 3.05) is 20.2 Å². The molecule has 27 heavy (non-hydrogen) atoms. The molecule has 1 aliphatic rings. The Morgan fingerprint density at radius 3 is 2.30 bits per heavy atom. The van der Waals surface area contributed by atoms with Crippen molar-refractivity contribution in [2.45, 2.75) is 30.6 Å². The van der Waals surface area contributed by atoms with Gasteiger partial charge in [-0.05, 0) is 60.9 Å². The molecule has 7 heteroatoms. The van der Waals surface area contributed by atoms with Crippen LogP contribution in [0.2, 0.25) is 0 Å². The van der Waals surface area contributed by atoms with Crippen LogP contribution in [0.25, 0.3) is 0 Å². The molecule has 1 saturated heterocycles. The summed E-state index contributed by atoms with van der Waals surface area (Å²) in [5.74, 6) is 0.440. The average molecular weight is 388 g/mol. The molecule has 2 aromatic carbocycles. The second-order valence-electron chi connectivity index (χ2n) is 6.50. The van der Waals surface area contributed by atoms with Gasteiger partial charge in [-0.15, -0.1) is 0 Å². The van der Waals surface area contributed by atoms with Crippen LogP contribution in [0.15, 0.2) is 52.4 Å². The van der Waals surface area contributed by atoms with Gasteiger partial charge in [0, 0.05) is 19.3 Å². The van der Waals surface area contributed by atoms with E-state index < -0.39 is 10.0 Å². The van der Waals surface area contributed by atoms with Crippen molar-refractivity contribution in [1.82, 2.24) is 4.31 Å². The topological polar surface area (TPSA) is 79.2 Å². The highest BCUT2D eigenvalue weighted by atomic mass is 32.2. The van der Waals surface area contributed by atoms with Crippen LogP contribution in [-0.4, -0.2) is 44.2 Å². The van der Waals surface area contributed by atoms with Crippen molar-refractivity contribution >= 4 is 21.9 Å². The van der Waals surface area contributed by atoms with Crippen LogP contribution in [-0.2, 0) is 10.0 Å². The van der Waals surface area contributed by atoms with Gasteiger partial charge in [-0.25, -0.2) is 8.42 Å². The van der Waals surface area contributed by atoms with Crippen LogP contribution in [0.4, 0.5) is 5.69 Å². The van der Waals surface area contributed by atoms with Crippen LogP contribution < -0.4 is 4.74 Å². The SMILES string of the molecule is COc1ccc(C=Nc2ccc(S(=O)(=O)N3CCCCCC3)cc2)cc1O. The molecule has 1 fully saturated rings. The summed E-state index contributed by atoms with van der Waals surface area (Å²) in [7, 11) is -1.96. The second kappa shape index (κ2) is 8.54. The Hall–Kier alpha value is -2.38. The Morgan fingerprint density at radius 1 is 1.04 bits per heavy atom. The molecule has 1 heterocycles. The summed E-state index contributed by atoms with van der Waals surface area (Å²) in [6.45, 7) is 1.17. The van der Waals surface area contributed by atoms with Gasteiger partial charge < -0.3 is 9.84 Å². The quantitative estimate of drug-likeness (QED) is 0.792. The molecule has 1 N–H and O–H groups in total. The van der Waals surface area contributed by atoms with Crippen LogP contribution in [0.5, 0.6) is 11.5 Å². The van der Waals surface area contributed by atoms with E-state index in [-0.39, 0.29) is 5.75 Å². The smallest absolute Gasteiger partial charge is 0.243 e. The summed E-state index contributed by atoms with van der Waals surface area (Å²) in [5, 5.41) is 9.80. The highest BCUT2D eigenvalue weighted by Crippen LogP contribution is 2.26. The first-order chi connectivity index (χ1) is 13.0. The van der Waals surface area contributed by atoms with Crippen molar-refractivity contribution in [3.8, 4) is 11.5 Å². The van der Waals surface area contributed by atoms with Crippen LogP contribution in [0.3, 0.4) is 0 Å². The summed E-state index contributed by atoms with van der Waals surface area (Å²) in [5.41, 5.74) is 1.36. The number of rotatable bonds is 5. The molecule has 6 nitrogen and oxygen atoms in total. The molecule has 0 amide bonds. The fraction of sp³-hybridized carbons (Fsp3) is 0.350. The van der Waals surface area contributed by atoms with E-state index in [1.54, 1.807) is 53.0 Å². The van der Waals surface area contributed by atoms with E-state index in [1.807, 2.05) is 0 Å². The molecule has 0 bridgehead atoms. The van der Waals surface area contributed by atoms with Gasteiger partial charge in [-0.3, -0.25) is 4.99 Å². The zero-order valence-electron chi connectivity index (χ0n) is 15.3. The summed E-state index contributed by atoms with van der Waals surface area (Å²) in [6, 6.07) is 11.6. The number of methoxy groups -OCH3 is 1. The molecule has 0 spiro atoms. The van der Waals surface area contributed by atoms with Gasteiger partial charge in [-0.1, -0.05) is 12.8 Å². The molecule has 0 atom stereocenters. The van der Waals surface area contributed by atoms with E-state index in [2.05, 4.69) is 4.99 Å². The summed E-state index contributed by atoms with van der Waals surface area (Å²) in [6.07, 6.45) is 5.60. The molecule has 144 valence electrons. The average Bonchev–Trinajstić information content (AvgIpc) is 2.97. The van der Waals surface area contributed by atoms with Gasteiger partial charge in [-0.2, -0.15) is 4.31 Å². The first kappa shape index (κ1) is 19.4. The summed E-state index contributed by atoms with van der Waals surface area (Å²) >= 11 is 0. The van der Waals surface area contributed by atoms with Gasteiger partial charge in [0.1, 0.15) is 0 Å². The van der Waals surface area contributed by atoms with Gasteiger partial charge >= 0.3 is 0 Å². The molecule has 0 radical (unpaired) electrons. The monoisotopic (exact) mass is 388 g/mol. The second-order valence-corrected chi connectivity index (χ2v) is 8.44. The maximum absolute atomic E-state index is 12.8. The predicted octanol–water partition coefficient (Wildman–Crippen LogP) is 3.72. The van der Waals surface area contributed by atoms with E-state index in [4.69, 9.17) is 4.74 Å². The third kappa shape index (κ3) is 4.67. The van der Waals surface area contributed by atoms with Gasteiger partial charge in [0.2, 0.25) is 10.0 Å². The minimum absolute atomic E-state index is 0.0420. The lowest BCUT2D eigenvalue weighted by Gasteiger charge is -2.19. The lowest BCUT2D eigenvalue weighted by Crippen LogP contribution is -2.31. The van der Waals surface area contributed by atoms with Crippen molar-refractivity contribution in [2.24, 2.45) is 4.99 Å². The minimum atomic E-state index is -3.45. The number of phenols is 1. The number of aromatic hydroxyl groups is 1. The van der Waals surface area contributed by atoms with E-state index in [1.165, 1.54) is 7.11 Å². The summed E-state index contributed by atoms with van der Waals surface area (Å²) < 4.78 is 32.1. The Bertz CT molecular complexity index is 900. The van der Waals surface area contributed by atoms with Crippen molar-refractivity contribution in [3.05, 3.63) is 48.0 Å². The highest BCUT2D eigenvalue weighted by molar-refractivity contribution is 7.89. The van der Waals surface area contributed by atoms with Crippen molar-refractivity contribution in [3.63, 3.8) is 0 Å². The van der Waals surface area contributed by atoms with E-state index in [0.29, 0.717) is 29.4 Å². The number of hydrogen-bond acceptors (Lipinski definition) is 5. The predicted molar refractivity (Wildman–Crippen MR) is 106 cm³/mol. The van der Waals surface area contributed by atoms with Crippen molar-refractivity contribution < 1.29 is 18.3 Å². The number of hydrogen-bond donors (Lipinski definition) is 1. The van der Waals surface area contributed by atoms with Crippen LogP contribution in [0.1, 0.15) is 31.2 Å². The molecule has 0 saturated carbocycles. The number of sulfonamides is 1. The fourth-order valence-electron chi connectivity index (χ4n) is 3.07. The first-order valence-corrected chi connectivity index (χ1v) is 10.5. The van der Waals surface area contributed by atoms with Crippen LogP contribution >= 0.6 is 0 Å². The number of phenolic OH excluding ortho intramolecular Hbond substituents is 1. The van der Waals surface area contributed by atoms with Crippen molar-refractivity contribution in [1.29, 1.82) is 0 Å². The molecular formula is C20H24N2O4S. The lowest BCUT2D eigenvalue weighted by atomic mass is 10.2. The number of benzene rings is 2. The Labute approximate surface area is 160 Å². The Kier molecular flexibility index (Phi) is 6.13. The highest BCUT2D eigenvalue weighted by Gasteiger charge is 2.24. The Morgan fingerprint density at radius 2 is 1.70 bits per heavy atom. The zero-order valence-corrected chi connectivity index (χ0v) is 16.2. The van der Waals surface area contributed by atoms with E-state index >= 15 is 0 Å². The Balaban J connectivity index is 1.74. The van der Waals surface area contributed by atoms with E-state index in [9.17, 15) is 13.5 Å². The lowest BCUT2D eigenvalue weighted by molar-refractivity contribution is 0.373. The number of aliphatic imine (C=N–C) groups is 1. The summed E-state index contributed by atoms with van der Waals surface area (Å²) in [4.78, 5) is 4.64. The maximum Gasteiger partial charge on any atom is 0.243 e. The van der Waals surface area contributed by atoms with Gasteiger partial charge in [0.15, 0.2) is 11.5 Å². The zero-order chi connectivity index (χ0) is 19.3.